The zero-order valence-electron chi connectivity index (χ0n) is 18.8. The lowest BCUT2D eigenvalue weighted by molar-refractivity contribution is -0.118. The third-order valence-electron chi connectivity index (χ3n) is 5.31. The highest BCUT2D eigenvalue weighted by atomic mass is 32.2. The fourth-order valence-corrected chi connectivity index (χ4v) is 4.39. The number of rotatable bonds is 9. The molecule has 33 heavy (non-hydrogen) atoms. The monoisotopic (exact) mass is 457 g/mol. The van der Waals surface area contributed by atoms with Crippen molar-refractivity contribution >= 4 is 17.7 Å². The number of para-hydroxylation sites is 1. The lowest BCUT2D eigenvalue weighted by atomic mass is 10.1. The van der Waals surface area contributed by atoms with Crippen molar-refractivity contribution in [2.75, 3.05) is 26.4 Å². The molecule has 168 valence electrons. The van der Waals surface area contributed by atoms with Crippen LogP contribution in [0.3, 0.4) is 0 Å². The number of hydrogen-bond donors (Lipinski definition) is 1. The normalized spacial score (nSPS) is 12.0. The number of thioether (sulfide) groups is 1. The molecule has 1 amide bonds. The summed E-state index contributed by atoms with van der Waals surface area (Å²) in [5.41, 5.74) is 3.11. The molecule has 0 aliphatic heterocycles. The van der Waals surface area contributed by atoms with Crippen LogP contribution in [0.1, 0.15) is 11.6 Å². The van der Waals surface area contributed by atoms with Gasteiger partial charge >= 0.3 is 0 Å². The molecule has 4 rings (SSSR count). The molecule has 6 nitrogen and oxygen atoms in total. The van der Waals surface area contributed by atoms with Gasteiger partial charge in [-0.1, -0.05) is 90.6 Å². The molecule has 0 spiro atoms. The lowest BCUT2D eigenvalue weighted by Crippen LogP contribution is -2.35. The second kappa shape index (κ2) is 10.9. The molecule has 3 aromatic carbocycles. The first kappa shape index (κ1) is 22.8. The number of likely N-dealkylation sites (N-methyl/N-ethyl adjacent to an activating group) is 1. The van der Waals surface area contributed by atoms with Gasteiger partial charge in [0.25, 0.3) is 0 Å². The van der Waals surface area contributed by atoms with Crippen LogP contribution in [-0.4, -0.2) is 52.0 Å². The van der Waals surface area contributed by atoms with Crippen molar-refractivity contribution in [2.24, 2.45) is 0 Å². The largest absolute Gasteiger partial charge is 0.353 e. The van der Waals surface area contributed by atoms with E-state index in [-0.39, 0.29) is 17.7 Å². The van der Waals surface area contributed by atoms with Crippen LogP contribution in [0.25, 0.3) is 17.1 Å². The molecule has 0 bridgehead atoms. The highest BCUT2D eigenvalue weighted by Gasteiger charge is 2.18. The van der Waals surface area contributed by atoms with Gasteiger partial charge in [-0.15, -0.1) is 10.2 Å². The minimum Gasteiger partial charge on any atom is -0.353 e. The lowest BCUT2D eigenvalue weighted by Gasteiger charge is -2.25. The molecule has 0 aliphatic rings. The van der Waals surface area contributed by atoms with Gasteiger partial charge in [0.05, 0.1) is 11.8 Å². The molecule has 0 saturated heterocycles. The van der Waals surface area contributed by atoms with E-state index in [2.05, 4.69) is 32.5 Å². The smallest absolute Gasteiger partial charge is 0.230 e. The first-order valence-electron chi connectivity index (χ1n) is 10.8. The molecule has 0 radical (unpaired) electrons. The van der Waals surface area contributed by atoms with Crippen molar-refractivity contribution in [3.05, 3.63) is 96.6 Å². The highest BCUT2D eigenvalue weighted by Crippen LogP contribution is 2.27. The average Bonchev–Trinajstić information content (AvgIpc) is 3.28. The Balaban J connectivity index is 1.47. The first-order valence-corrected chi connectivity index (χ1v) is 11.8. The highest BCUT2D eigenvalue weighted by molar-refractivity contribution is 7.99. The number of benzene rings is 3. The number of amides is 1. The number of hydrogen-bond acceptors (Lipinski definition) is 5. The van der Waals surface area contributed by atoms with Crippen LogP contribution in [-0.2, 0) is 4.79 Å². The Labute approximate surface area is 198 Å². The molecule has 4 aromatic rings. The summed E-state index contributed by atoms with van der Waals surface area (Å²) in [6.45, 7) is 0.539. The van der Waals surface area contributed by atoms with E-state index < -0.39 is 0 Å². The van der Waals surface area contributed by atoms with E-state index >= 15 is 0 Å². The van der Waals surface area contributed by atoms with Crippen LogP contribution < -0.4 is 5.32 Å². The van der Waals surface area contributed by atoms with Gasteiger partial charge in [0, 0.05) is 17.8 Å². The SMILES string of the molecule is CN(C)C(CNC(=O)CSc1nnc(-c2ccccc2)n1-c1ccccc1)c1ccccc1. The number of nitrogens with zero attached hydrogens (tertiary/aromatic N) is 4. The van der Waals surface area contributed by atoms with Crippen molar-refractivity contribution in [1.82, 2.24) is 25.0 Å². The molecule has 1 unspecified atom stereocenters. The van der Waals surface area contributed by atoms with Gasteiger partial charge < -0.3 is 10.2 Å². The summed E-state index contributed by atoms with van der Waals surface area (Å²) >= 11 is 1.39. The Hall–Kier alpha value is -3.42. The Morgan fingerprint density at radius 3 is 2.15 bits per heavy atom. The standard InChI is InChI=1S/C26H27N5OS/c1-30(2)23(20-12-6-3-7-13-20)18-27-24(32)19-33-26-29-28-25(21-14-8-4-9-15-21)31(26)22-16-10-5-11-17-22/h3-17,23H,18-19H2,1-2H3,(H,27,32). The minimum atomic E-state index is -0.0355. The minimum absolute atomic E-state index is 0.0355. The molecule has 0 aliphatic carbocycles. The molecule has 1 aromatic heterocycles. The van der Waals surface area contributed by atoms with Crippen molar-refractivity contribution < 1.29 is 4.79 Å². The fraction of sp³-hybridized carbons (Fsp3) is 0.192. The number of carbonyl (C=O) groups is 1. The Bertz CT molecular complexity index is 1160. The van der Waals surface area contributed by atoms with Crippen molar-refractivity contribution in [3.8, 4) is 17.1 Å². The maximum Gasteiger partial charge on any atom is 0.230 e. The van der Waals surface area contributed by atoms with E-state index in [9.17, 15) is 4.79 Å². The molecule has 1 heterocycles. The van der Waals surface area contributed by atoms with Crippen LogP contribution in [0.4, 0.5) is 0 Å². The van der Waals surface area contributed by atoms with E-state index in [1.807, 2.05) is 97.5 Å². The van der Waals surface area contributed by atoms with Crippen LogP contribution in [0, 0.1) is 0 Å². The van der Waals surface area contributed by atoms with Crippen molar-refractivity contribution in [3.63, 3.8) is 0 Å². The first-order chi connectivity index (χ1) is 16.1. The van der Waals surface area contributed by atoms with Gasteiger partial charge in [-0.2, -0.15) is 0 Å². The maximum atomic E-state index is 12.7. The number of nitrogens with one attached hydrogen (secondary N) is 1. The summed E-state index contributed by atoms with van der Waals surface area (Å²) in [6.07, 6.45) is 0. The third-order valence-corrected chi connectivity index (χ3v) is 6.24. The quantitative estimate of drug-likeness (QED) is 0.376. The van der Waals surface area contributed by atoms with E-state index in [1.165, 1.54) is 17.3 Å². The zero-order valence-corrected chi connectivity index (χ0v) is 19.6. The summed E-state index contributed by atoms with van der Waals surface area (Å²) in [5.74, 6) is 0.974. The molecule has 0 saturated carbocycles. The molecule has 7 heteroatoms. The molecule has 1 N–H and O–H groups in total. The molecule has 0 fully saturated rings. The van der Waals surface area contributed by atoms with Crippen LogP contribution in [0.15, 0.2) is 96.2 Å². The Kier molecular flexibility index (Phi) is 7.55. The molecular formula is C26H27N5OS. The van der Waals surface area contributed by atoms with E-state index in [4.69, 9.17) is 0 Å². The Morgan fingerprint density at radius 1 is 0.909 bits per heavy atom. The second-order valence-corrected chi connectivity index (χ2v) is 8.77. The predicted molar refractivity (Wildman–Crippen MR) is 133 cm³/mol. The van der Waals surface area contributed by atoms with Crippen LogP contribution in [0.5, 0.6) is 0 Å². The van der Waals surface area contributed by atoms with Gasteiger partial charge in [0.2, 0.25) is 5.91 Å². The van der Waals surface area contributed by atoms with Gasteiger partial charge in [0.1, 0.15) is 0 Å². The summed E-state index contributed by atoms with van der Waals surface area (Å²) in [5, 5.41) is 12.6. The van der Waals surface area contributed by atoms with Gasteiger partial charge in [-0.05, 0) is 31.8 Å². The summed E-state index contributed by atoms with van der Waals surface area (Å²) in [4.78, 5) is 14.8. The van der Waals surface area contributed by atoms with Crippen LogP contribution in [0.2, 0.25) is 0 Å². The van der Waals surface area contributed by atoms with Gasteiger partial charge in [0.15, 0.2) is 11.0 Å². The van der Waals surface area contributed by atoms with Gasteiger partial charge in [-0.3, -0.25) is 9.36 Å². The molecular weight excluding hydrogens is 430 g/mol. The van der Waals surface area contributed by atoms with Crippen LogP contribution >= 0.6 is 11.8 Å². The number of carbonyl (C=O) groups excluding carboxylic acids is 1. The fourth-order valence-electron chi connectivity index (χ4n) is 3.61. The average molecular weight is 458 g/mol. The second-order valence-electron chi connectivity index (χ2n) is 7.83. The summed E-state index contributed by atoms with van der Waals surface area (Å²) < 4.78 is 2.00. The summed E-state index contributed by atoms with van der Waals surface area (Å²) in [6, 6.07) is 30.2. The molecule has 1 atom stereocenters. The van der Waals surface area contributed by atoms with E-state index in [1.54, 1.807) is 0 Å². The zero-order chi connectivity index (χ0) is 23.0. The number of aromatic nitrogens is 3. The van der Waals surface area contributed by atoms with Gasteiger partial charge in [-0.25, -0.2) is 0 Å². The third kappa shape index (κ3) is 5.69. The summed E-state index contributed by atoms with van der Waals surface area (Å²) in [7, 11) is 4.04. The van der Waals surface area contributed by atoms with Crippen molar-refractivity contribution in [1.29, 1.82) is 0 Å². The predicted octanol–water partition coefficient (Wildman–Crippen LogP) is 4.45. The topological polar surface area (TPSA) is 63.1 Å². The van der Waals surface area contributed by atoms with E-state index in [0.29, 0.717) is 11.7 Å². The van der Waals surface area contributed by atoms with Crippen molar-refractivity contribution in [2.45, 2.75) is 11.2 Å². The maximum absolute atomic E-state index is 12.7. The van der Waals surface area contributed by atoms with E-state index in [0.717, 1.165) is 17.1 Å². The Morgan fingerprint density at radius 2 is 1.52 bits per heavy atom.